The minimum absolute atomic E-state index is 0. The lowest BCUT2D eigenvalue weighted by molar-refractivity contribution is 0.474. The van der Waals surface area contributed by atoms with Gasteiger partial charge in [0.1, 0.15) is 0 Å². The molecule has 1 heterocycles. The van der Waals surface area contributed by atoms with Crippen molar-refractivity contribution in [1.29, 1.82) is 0 Å². The molecule has 138 valence electrons. The Hall–Kier alpha value is -1.57. The van der Waals surface area contributed by atoms with Crippen molar-refractivity contribution < 1.29 is 0 Å². The standard InChI is InChI=1S/C19H29N5.HI/c1-5-20-19(23(4)15-18-10-7-6-8-11-18)21-12-9-13-24-17(3)14-16(2)22-24;/h6-8,10-11,14H,5,9,12-13,15H2,1-4H3,(H,20,21);1H. The lowest BCUT2D eigenvalue weighted by atomic mass is 10.2. The summed E-state index contributed by atoms with van der Waals surface area (Å²) in [7, 11) is 2.08. The molecule has 0 aliphatic carbocycles. The van der Waals surface area contributed by atoms with Crippen LogP contribution >= 0.6 is 24.0 Å². The summed E-state index contributed by atoms with van der Waals surface area (Å²) >= 11 is 0. The largest absolute Gasteiger partial charge is 0.357 e. The molecule has 1 aromatic heterocycles. The second kappa shape index (κ2) is 11.1. The van der Waals surface area contributed by atoms with Gasteiger partial charge >= 0.3 is 0 Å². The second-order valence-corrected chi connectivity index (χ2v) is 6.08. The molecule has 0 aliphatic rings. The summed E-state index contributed by atoms with van der Waals surface area (Å²) in [6.45, 7) is 9.65. The summed E-state index contributed by atoms with van der Waals surface area (Å²) in [6, 6.07) is 12.6. The van der Waals surface area contributed by atoms with Gasteiger partial charge in [0, 0.05) is 38.9 Å². The first-order valence-corrected chi connectivity index (χ1v) is 8.64. The zero-order valence-corrected chi connectivity index (χ0v) is 18.0. The van der Waals surface area contributed by atoms with E-state index in [0.717, 1.165) is 44.3 Å². The summed E-state index contributed by atoms with van der Waals surface area (Å²) in [6.07, 6.45) is 0.982. The van der Waals surface area contributed by atoms with Crippen LogP contribution < -0.4 is 5.32 Å². The summed E-state index contributed by atoms with van der Waals surface area (Å²) in [5.74, 6) is 0.953. The molecule has 0 amide bonds. The highest BCUT2D eigenvalue weighted by Crippen LogP contribution is 2.04. The molecule has 2 rings (SSSR count). The normalized spacial score (nSPS) is 11.1. The van der Waals surface area contributed by atoms with E-state index >= 15 is 0 Å². The van der Waals surface area contributed by atoms with Gasteiger partial charge in [0.25, 0.3) is 0 Å². The molecule has 0 bridgehead atoms. The molecule has 6 heteroatoms. The van der Waals surface area contributed by atoms with Crippen molar-refractivity contribution in [3.05, 3.63) is 53.3 Å². The first-order chi connectivity index (χ1) is 11.6. The monoisotopic (exact) mass is 455 g/mol. The Kier molecular flexibility index (Phi) is 9.55. The van der Waals surface area contributed by atoms with Gasteiger partial charge in [-0.25, -0.2) is 0 Å². The maximum absolute atomic E-state index is 4.75. The van der Waals surface area contributed by atoms with Crippen molar-refractivity contribution in [1.82, 2.24) is 20.0 Å². The average molecular weight is 455 g/mol. The Morgan fingerprint density at radius 1 is 1.24 bits per heavy atom. The van der Waals surface area contributed by atoms with E-state index in [0.29, 0.717) is 0 Å². The first-order valence-electron chi connectivity index (χ1n) is 8.64. The van der Waals surface area contributed by atoms with Gasteiger partial charge in [0.15, 0.2) is 5.96 Å². The van der Waals surface area contributed by atoms with Gasteiger partial charge in [-0.05, 0) is 38.8 Å². The van der Waals surface area contributed by atoms with Crippen LogP contribution in [0.15, 0.2) is 41.4 Å². The van der Waals surface area contributed by atoms with E-state index in [4.69, 9.17) is 4.99 Å². The summed E-state index contributed by atoms with van der Waals surface area (Å²) in [5, 5.41) is 7.87. The summed E-state index contributed by atoms with van der Waals surface area (Å²) < 4.78 is 2.06. The lowest BCUT2D eigenvalue weighted by Gasteiger charge is -2.22. The quantitative estimate of drug-likeness (QED) is 0.300. The number of guanidine groups is 1. The van der Waals surface area contributed by atoms with Gasteiger partial charge in [0.05, 0.1) is 5.69 Å². The molecule has 0 fully saturated rings. The van der Waals surface area contributed by atoms with Crippen LogP contribution in [0.25, 0.3) is 0 Å². The first kappa shape index (κ1) is 21.5. The molecule has 0 atom stereocenters. The molecule has 0 aliphatic heterocycles. The third-order valence-corrected chi connectivity index (χ3v) is 3.85. The minimum atomic E-state index is 0. The molecule has 0 radical (unpaired) electrons. The molecule has 2 aromatic rings. The van der Waals surface area contributed by atoms with Gasteiger partial charge in [0.2, 0.25) is 0 Å². The zero-order chi connectivity index (χ0) is 17.4. The van der Waals surface area contributed by atoms with Crippen molar-refractivity contribution >= 4 is 29.9 Å². The fraction of sp³-hybridized carbons (Fsp3) is 0.474. The summed E-state index contributed by atoms with van der Waals surface area (Å²) in [4.78, 5) is 6.92. The number of rotatable bonds is 7. The van der Waals surface area contributed by atoms with Crippen LogP contribution in [0.1, 0.15) is 30.3 Å². The molecule has 0 saturated heterocycles. The second-order valence-electron chi connectivity index (χ2n) is 6.08. The van der Waals surface area contributed by atoms with Crippen LogP contribution in [0.3, 0.4) is 0 Å². The molecule has 0 spiro atoms. The smallest absolute Gasteiger partial charge is 0.193 e. The van der Waals surface area contributed by atoms with Crippen LogP contribution in [0.4, 0.5) is 0 Å². The highest BCUT2D eigenvalue weighted by Gasteiger charge is 2.06. The average Bonchev–Trinajstić information content (AvgIpc) is 2.89. The SMILES string of the molecule is CCNC(=NCCCn1nc(C)cc1C)N(C)Cc1ccccc1.I. The molecule has 1 N–H and O–H groups in total. The predicted molar refractivity (Wildman–Crippen MR) is 116 cm³/mol. The van der Waals surface area contributed by atoms with Crippen molar-refractivity contribution in [2.75, 3.05) is 20.1 Å². The molecular formula is C19H30IN5. The highest BCUT2D eigenvalue weighted by atomic mass is 127. The fourth-order valence-electron chi connectivity index (χ4n) is 2.71. The Labute approximate surface area is 168 Å². The van der Waals surface area contributed by atoms with Crippen LogP contribution in [-0.2, 0) is 13.1 Å². The van der Waals surface area contributed by atoms with Crippen molar-refractivity contribution in [2.24, 2.45) is 4.99 Å². The number of benzene rings is 1. The van der Waals surface area contributed by atoms with Crippen molar-refractivity contribution in [3.8, 4) is 0 Å². The third kappa shape index (κ3) is 7.05. The number of nitrogens with one attached hydrogen (secondary N) is 1. The molecular weight excluding hydrogens is 425 g/mol. The van der Waals surface area contributed by atoms with Gasteiger partial charge in [-0.1, -0.05) is 30.3 Å². The van der Waals surface area contributed by atoms with Crippen LogP contribution in [0.5, 0.6) is 0 Å². The van der Waals surface area contributed by atoms with E-state index in [2.05, 4.69) is 71.2 Å². The maximum Gasteiger partial charge on any atom is 0.193 e. The van der Waals surface area contributed by atoms with Crippen molar-refractivity contribution in [3.63, 3.8) is 0 Å². The van der Waals surface area contributed by atoms with E-state index in [9.17, 15) is 0 Å². The number of aliphatic imine (C=N–C) groups is 1. The highest BCUT2D eigenvalue weighted by molar-refractivity contribution is 14.0. The van der Waals surface area contributed by atoms with E-state index in [1.807, 2.05) is 13.0 Å². The number of nitrogens with zero attached hydrogens (tertiary/aromatic N) is 4. The van der Waals surface area contributed by atoms with Crippen LogP contribution in [-0.4, -0.2) is 40.8 Å². The van der Waals surface area contributed by atoms with E-state index < -0.39 is 0 Å². The number of hydrogen-bond donors (Lipinski definition) is 1. The van der Waals surface area contributed by atoms with E-state index in [-0.39, 0.29) is 24.0 Å². The molecule has 1 aromatic carbocycles. The Bertz CT molecular complexity index is 651. The van der Waals surface area contributed by atoms with E-state index in [1.54, 1.807) is 0 Å². The maximum atomic E-state index is 4.75. The molecule has 5 nitrogen and oxygen atoms in total. The van der Waals surface area contributed by atoms with E-state index in [1.165, 1.54) is 11.3 Å². The minimum Gasteiger partial charge on any atom is -0.357 e. The number of aryl methyl sites for hydroxylation is 3. The Balaban J connectivity index is 0.00000312. The zero-order valence-electron chi connectivity index (χ0n) is 15.7. The van der Waals surface area contributed by atoms with Crippen molar-refractivity contribution in [2.45, 2.75) is 40.3 Å². The predicted octanol–water partition coefficient (Wildman–Crippen LogP) is 3.61. The molecule has 25 heavy (non-hydrogen) atoms. The number of aromatic nitrogens is 2. The lowest BCUT2D eigenvalue weighted by Crippen LogP contribution is -2.38. The van der Waals surface area contributed by atoms with Gasteiger partial charge in [-0.3, -0.25) is 9.67 Å². The van der Waals surface area contributed by atoms with Gasteiger partial charge < -0.3 is 10.2 Å². The Morgan fingerprint density at radius 2 is 1.96 bits per heavy atom. The number of hydrogen-bond acceptors (Lipinski definition) is 2. The topological polar surface area (TPSA) is 45.5 Å². The van der Waals surface area contributed by atoms with Gasteiger partial charge in [-0.15, -0.1) is 24.0 Å². The van der Waals surface area contributed by atoms with Crippen LogP contribution in [0.2, 0.25) is 0 Å². The summed E-state index contributed by atoms with van der Waals surface area (Å²) in [5.41, 5.74) is 3.57. The van der Waals surface area contributed by atoms with Crippen LogP contribution in [0, 0.1) is 13.8 Å². The Morgan fingerprint density at radius 3 is 2.56 bits per heavy atom. The molecule has 0 saturated carbocycles. The van der Waals surface area contributed by atoms with Gasteiger partial charge in [-0.2, -0.15) is 5.10 Å². The molecule has 0 unspecified atom stereocenters. The number of halogens is 1. The fourth-order valence-corrected chi connectivity index (χ4v) is 2.71. The third-order valence-electron chi connectivity index (χ3n) is 3.85.